The van der Waals surface area contributed by atoms with E-state index in [9.17, 15) is 14.7 Å². The van der Waals surface area contributed by atoms with E-state index in [0.717, 1.165) is 0 Å². The summed E-state index contributed by atoms with van der Waals surface area (Å²) in [5.74, 6) is -1.48. The summed E-state index contributed by atoms with van der Waals surface area (Å²) in [4.78, 5) is 26.1. The summed E-state index contributed by atoms with van der Waals surface area (Å²) in [5.41, 5.74) is -0.171. The molecule has 0 radical (unpaired) electrons. The first-order valence-corrected chi connectivity index (χ1v) is 7.90. The van der Waals surface area contributed by atoms with Gasteiger partial charge in [-0.1, -0.05) is 12.2 Å². The average molecular weight is 329 g/mol. The van der Waals surface area contributed by atoms with Crippen molar-refractivity contribution in [3.05, 3.63) is 30.4 Å². The number of hydrogen-bond acceptors (Lipinski definition) is 5. The van der Waals surface area contributed by atoms with Crippen LogP contribution in [0.25, 0.3) is 0 Å². The molecule has 7 nitrogen and oxygen atoms in total. The zero-order valence-electron chi connectivity index (χ0n) is 12.7. The molecule has 4 heterocycles. The van der Waals surface area contributed by atoms with E-state index >= 15 is 0 Å². The minimum atomic E-state index is -0.992. The van der Waals surface area contributed by atoms with Crippen molar-refractivity contribution in [3.63, 3.8) is 0 Å². The maximum Gasteiger partial charge on any atom is 0.310 e. The van der Waals surface area contributed by atoms with E-state index in [0.29, 0.717) is 36.9 Å². The fourth-order valence-electron chi connectivity index (χ4n) is 4.20. The maximum absolute atomic E-state index is 12.9. The van der Waals surface area contributed by atoms with Crippen molar-refractivity contribution in [2.24, 2.45) is 11.8 Å². The first-order valence-electron chi connectivity index (χ1n) is 7.90. The lowest BCUT2D eigenvalue weighted by molar-refractivity contribution is -0.146. The van der Waals surface area contributed by atoms with Crippen LogP contribution in [0.3, 0.4) is 0 Å². The minimum Gasteiger partial charge on any atom is -0.486 e. The van der Waals surface area contributed by atoms with Gasteiger partial charge in [-0.05, 0) is 12.1 Å². The lowest BCUT2D eigenvalue weighted by atomic mass is 9.77. The van der Waals surface area contributed by atoms with Crippen molar-refractivity contribution in [3.8, 4) is 11.5 Å². The number of ether oxygens (including phenoxy) is 3. The van der Waals surface area contributed by atoms with Gasteiger partial charge in [-0.15, -0.1) is 0 Å². The van der Waals surface area contributed by atoms with Crippen molar-refractivity contribution in [2.75, 3.05) is 24.7 Å². The Morgan fingerprint density at radius 2 is 2.04 bits per heavy atom. The van der Waals surface area contributed by atoms with Crippen molar-refractivity contribution < 1.29 is 28.9 Å². The predicted molar refractivity (Wildman–Crippen MR) is 81.1 cm³/mol. The van der Waals surface area contributed by atoms with Crippen LogP contribution >= 0.6 is 0 Å². The van der Waals surface area contributed by atoms with Crippen molar-refractivity contribution >= 4 is 17.6 Å². The molecule has 4 unspecified atom stereocenters. The third-order valence-electron chi connectivity index (χ3n) is 5.22. The van der Waals surface area contributed by atoms with Crippen LogP contribution in [0.4, 0.5) is 5.69 Å². The average Bonchev–Trinajstić information content (AvgIpc) is 3.22. The molecule has 0 aromatic heterocycles. The van der Waals surface area contributed by atoms with Gasteiger partial charge in [0.25, 0.3) is 0 Å². The molecule has 124 valence electrons. The van der Waals surface area contributed by atoms with Gasteiger partial charge in [0, 0.05) is 11.8 Å². The van der Waals surface area contributed by atoms with Crippen molar-refractivity contribution in [2.45, 2.75) is 11.7 Å². The van der Waals surface area contributed by atoms with Crippen LogP contribution in [0.5, 0.6) is 11.5 Å². The molecule has 4 aliphatic rings. The Morgan fingerprint density at radius 1 is 1.25 bits per heavy atom. The SMILES string of the molecule is O=C(O)C1C2C=CC3(CN(c4ccc5c(c4)OCCO5)C(=O)C13)O2. The smallest absolute Gasteiger partial charge is 0.310 e. The molecule has 5 rings (SSSR count). The number of hydrogen-bond donors (Lipinski definition) is 1. The molecule has 0 saturated carbocycles. The molecule has 2 saturated heterocycles. The largest absolute Gasteiger partial charge is 0.486 e. The molecule has 7 heteroatoms. The number of nitrogens with zero attached hydrogens (tertiary/aromatic N) is 1. The monoisotopic (exact) mass is 329 g/mol. The van der Waals surface area contributed by atoms with E-state index in [1.54, 1.807) is 29.2 Å². The molecule has 0 aliphatic carbocycles. The second-order valence-corrected chi connectivity index (χ2v) is 6.49. The van der Waals surface area contributed by atoms with Crippen LogP contribution in [0.1, 0.15) is 0 Å². The zero-order chi connectivity index (χ0) is 16.5. The molecule has 1 aromatic rings. The van der Waals surface area contributed by atoms with Crippen LogP contribution in [0, 0.1) is 11.8 Å². The van der Waals surface area contributed by atoms with E-state index in [2.05, 4.69) is 0 Å². The number of carbonyl (C=O) groups excluding carboxylic acids is 1. The number of rotatable bonds is 2. The summed E-state index contributed by atoms with van der Waals surface area (Å²) in [6.45, 7) is 1.28. The number of benzene rings is 1. The van der Waals surface area contributed by atoms with Gasteiger partial charge in [-0.25, -0.2) is 0 Å². The maximum atomic E-state index is 12.9. The molecule has 1 spiro atoms. The Labute approximate surface area is 137 Å². The summed E-state index contributed by atoms with van der Waals surface area (Å²) in [6, 6.07) is 5.32. The van der Waals surface area contributed by atoms with Crippen LogP contribution in [-0.4, -0.2) is 48.4 Å². The normalized spacial score (nSPS) is 35.4. The lowest BCUT2D eigenvalue weighted by Crippen LogP contribution is -2.39. The molecule has 2 bridgehead atoms. The Bertz CT molecular complexity index is 789. The molecule has 1 amide bonds. The van der Waals surface area contributed by atoms with Gasteiger partial charge in [0.2, 0.25) is 5.91 Å². The molecule has 4 atom stereocenters. The summed E-state index contributed by atoms with van der Waals surface area (Å²) >= 11 is 0. The fourth-order valence-corrected chi connectivity index (χ4v) is 4.20. The van der Waals surface area contributed by atoms with Crippen molar-refractivity contribution in [1.82, 2.24) is 0 Å². The molecule has 1 N–H and O–H groups in total. The van der Waals surface area contributed by atoms with E-state index in [1.807, 2.05) is 6.08 Å². The van der Waals surface area contributed by atoms with Gasteiger partial charge in [0.1, 0.15) is 24.7 Å². The van der Waals surface area contributed by atoms with Gasteiger partial charge in [-0.3, -0.25) is 9.59 Å². The van der Waals surface area contributed by atoms with E-state index < -0.39 is 29.5 Å². The number of amides is 1. The summed E-state index contributed by atoms with van der Waals surface area (Å²) in [6.07, 6.45) is 3.09. The first kappa shape index (κ1) is 13.9. The third-order valence-corrected chi connectivity index (χ3v) is 5.22. The topological polar surface area (TPSA) is 85.3 Å². The van der Waals surface area contributed by atoms with Crippen LogP contribution in [-0.2, 0) is 14.3 Å². The van der Waals surface area contributed by atoms with Crippen molar-refractivity contribution in [1.29, 1.82) is 0 Å². The highest BCUT2D eigenvalue weighted by Gasteiger charge is 2.67. The quantitative estimate of drug-likeness (QED) is 0.809. The van der Waals surface area contributed by atoms with E-state index in [4.69, 9.17) is 14.2 Å². The van der Waals surface area contributed by atoms with Gasteiger partial charge in [0.15, 0.2) is 11.5 Å². The second kappa shape index (κ2) is 4.51. The third kappa shape index (κ3) is 1.65. The number of carbonyl (C=O) groups is 2. The van der Waals surface area contributed by atoms with Crippen LogP contribution < -0.4 is 14.4 Å². The number of carboxylic acid groups (broad SMARTS) is 1. The molecular formula is C17H15NO6. The van der Waals surface area contributed by atoms with Crippen LogP contribution in [0.2, 0.25) is 0 Å². The molecule has 1 aromatic carbocycles. The first-order chi connectivity index (χ1) is 11.6. The Morgan fingerprint density at radius 3 is 2.83 bits per heavy atom. The Hall–Kier alpha value is -2.54. The number of carboxylic acids is 1. The highest BCUT2D eigenvalue weighted by atomic mass is 16.6. The van der Waals surface area contributed by atoms with E-state index in [-0.39, 0.29) is 5.91 Å². The Kier molecular flexibility index (Phi) is 2.60. The highest BCUT2D eigenvalue weighted by molar-refractivity contribution is 6.02. The lowest BCUT2D eigenvalue weighted by Gasteiger charge is -2.24. The summed E-state index contributed by atoms with van der Waals surface area (Å²) in [7, 11) is 0. The standard InChI is InChI=1S/C17H15NO6/c19-15-14-13(16(20)21)11-3-4-17(14,24-11)8-18(15)9-1-2-10-12(7-9)23-6-5-22-10/h1-4,7,11,13-14H,5-6,8H2,(H,20,21). The van der Waals surface area contributed by atoms with E-state index in [1.165, 1.54) is 0 Å². The second-order valence-electron chi connectivity index (χ2n) is 6.49. The molecular weight excluding hydrogens is 314 g/mol. The number of anilines is 1. The summed E-state index contributed by atoms with van der Waals surface area (Å²) < 4.78 is 16.9. The fraction of sp³-hybridized carbons (Fsp3) is 0.412. The number of aliphatic carboxylic acids is 1. The van der Waals surface area contributed by atoms with Crippen LogP contribution in [0.15, 0.2) is 30.4 Å². The van der Waals surface area contributed by atoms with Gasteiger partial charge in [-0.2, -0.15) is 0 Å². The predicted octanol–water partition coefficient (Wildman–Crippen LogP) is 0.829. The minimum absolute atomic E-state index is 0.217. The molecule has 24 heavy (non-hydrogen) atoms. The van der Waals surface area contributed by atoms with Gasteiger partial charge in [0.05, 0.1) is 18.6 Å². The Balaban J connectivity index is 1.52. The summed E-state index contributed by atoms with van der Waals surface area (Å²) in [5, 5.41) is 9.49. The molecule has 2 fully saturated rings. The molecule has 4 aliphatic heterocycles. The van der Waals surface area contributed by atoms with Gasteiger partial charge >= 0.3 is 5.97 Å². The zero-order valence-corrected chi connectivity index (χ0v) is 12.7. The highest BCUT2D eigenvalue weighted by Crippen LogP contribution is 2.53. The van der Waals surface area contributed by atoms with Gasteiger partial charge < -0.3 is 24.2 Å². The number of fused-ring (bicyclic) bond motifs is 2.